The summed E-state index contributed by atoms with van der Waals surface area (Å²) in [4.78, 5) is 22.6. The van der Waals surface area contributed by atoms with Crippen molar-refractivity contribution in [2.24, 2.45) is 0 Å². The molecule has 120 valence electrons. The third-order valence-corrected chi connectivity index (χ3v) is 2.67. The second kappa shape index (κ2) is 8.22. The van der Waals surface area contributed by atoms with E-state index in [0.29, 0.717) is 6.42 Å². The summed E-state index contributed by atoms with van der Waals surface area (Å²) in [6.07, 6.45) is 3.40. The first kappa shape index (κ1) is 17.8. The van der Waals surface area contributed by atoms with Gasteiger partial charge in [-0.2, -0.15) is 0 Å². The Kier molecular flexibility index (Phi) is 6.63. The lowest BCUT2D eigenvalue weighted by Crippen LogP contribution is -2.40. The van der Waals surface area contributed by atoms with Gasteiger partial charge in [0.25, 0.3) is 0 Å². The van der Waals surface area contributed by atoms with Crippen molar-refractivity contribution >= 4 is 18.1 Å². The van der Waals surface area contributed by atoms with E-state index < -0.39 is 23.7 Å². The van der Waals surface area contributed by atoms with E-state index in [2.05, 4.69) is 5.32 Å². The number of carbonyl (C=O) groups excluding carboxylic acids is 1. The van der Waals surface area contributed by atoms with E-state index in [1.54, 1.807) is 20.8 Å². The highest BCUT2D eigenvalue weighted by molar-refractivity contribution is 5.71. The van der Waals surface area contributed by atoms with E-state index in [-0.39, 0.29) is 6.42 Å². The molecule has 1 aromatic rings. The van der Waals surface area contributed by atoms with Crippen LogP contribution in [0.15, 0.2) is 36.4 Å². The maximum atomic E-state index is 11.7. The van der Waals surface area contributed by atoms with Gasteiger partial charge in [-0.05, 0) is 32.8 Å². The molecule has 0 aliphatic heterocycles. The predicted octanol–water partition coefficient (Wildman–Crippen LogP) is 3.46. The van der Waals surface area contributed by atoms with Crippen LogP contribution >= 0.6 is 0 Å². The molecule has 2 N–H and O–H groups in total. The van der Waals surface area contributed by atoms with Crippen molar-refractivity contribution in [1.82, 2.24) is 5.32 Å². The molecule has 5 heteroatoms. The van der Waals surface area contributed by atoms with Crippen molar-refractivity contribution in [3.8, 4) is 0 Å². The lowest BCUT2D eigenvalue weighted by atomic mass is 10.1. The Hall–Kier alpha value is -2.30. The van der Waals surface area contributed by atoms with Crippen LogP contribution in [0.4, 0.5) is 4.79 Å². The number of rotatable bonds is 6. The molecule has 0 aliphatic rings. The number of hydrogen-bond acceptors (Lipinski definition) is 3. The molecule has 1 amide bonds. The van der Waals surface area contributed by atoms with Gasteiger partial charge in [-0.1, -0.05) is 42.5 Å². The lowest BCUT2D eigenvalue weighted by Gasteiger charge is -2.22. The van der Waals surface area contributed by atoms with E-state index in [1.165, 1.54) is 0 Å². The number of amides is 1. The molecule has 0 heterocycles. The summed E-state index contributed by atoms with van der Waals surface area (Å²) in [5.74, 6) is -0.964. The quantitative estimate of drug-likeness (QED) is 0.844. The van der Waals surface area contributed by atoms with Crippen molar-refractivity contribution in [2.75, 3.05) is 0 Å². The highest BCUT2D eigenvalue weighted by Crippen LogP contribution is 2.09. The van der Waals surface area contributed by atoms with Crippen LogP contribution < -0.4 is 5.32 Å². The Morgan fingerprint density at radius 1 is 1.27 bits per heavy atom. The average molecular weight is 305 g/mol. The van der Waals surface area contributed by atoms with E-state index in [0.717, 1.165) is 5.56 Å². The minimum Gasteiger partial charge on any atom is -0.481 e. The number of nitrogens with one attached hydrogen (secondary N) is 1. The molecule has 1 aromatic carbocycles. The second-order valence-electron chi connectivity index (χ2n) is 5.99. The van der Waals surface area contributed by atoms with Crippen LogP contribution in [-0.2, 0) is 9.53 Å². The molecular formula is C17H23NO4. The first-order valence-electron chi connectivity index (χ1n) is 7.19. The first-order valence-corrected chi connectivity index (χ1v) is 7.19. The van der Waals surface area contributed by atoms with Crippen molar-refractivity contribution in [3.63, 3.8) is 0 Å². The molecule has 0 radical (unpaired) electrons. The smallest absolute Gasteiger partial charge is 0.407 e. The molecule has 0 saturated carbocycles. The lowest BCUT2D eigenvalue weighted by molar-refractivity contribution is -0.137. The molecule has 0 aliphatic carbocycles. The molecule has 0 aromatic heterocycles. The summed E-state index contributed by atoms with van der Waals surface area (Å²) >= 11 is 0. The SMILES string of the molecule is CC(C)(C)OC(=O)NC(CC=Cc1ccccc1)CC(=O)O. The van der Waals surface area contributed by atoms with E-state index in [9.17, 15) is 9.59 Å². The number of carboxylic acid groups (broad SMARTS) is 1. The Bertz CT molecular complexity index is 517. The topological polar surface area (TPSA) is 75.6 Å². The van der Waals surface area contributed by atoms with Gasteiger partial charge in [-0.15, -0.1) is 0 Å². The van der Waals surface area contributed by atoms with Crippen molar-refractivity contribution in [2.45, 2.75) is 45.3 Å². The summed E-state index contributed by atoms with van der Waals surface area (Å²) < 4.78 is 5.15. The fraction of sp³-hybridized carbons (Fsp3) is 0.412. The standard InChI is InChI=1S/C17H23NO4/c1-17(2,3)22-16(21)18-14(12-15(19)20)11-7-10-13-8-5-4-6-9-13/h4-10,14H,11-12H2,1-3H3,(H,18,21)(H,19,20). The Morgan fingerprint density at radius 2 is 1.91 bits per heavy atom. The van der Waals surface area contributed by atoms with E-state index in [1.807, 2.05) is 42.5 Å². The van der Waals surface area contributed by atoms with Gasteiger partial charge in [0, 0.05) is 6.04 Å². The van der Waals surface area contributed by atoms with Crippen LogP contribution in [0.2, 0.25) is 0 Å². The minimum atomic E-state index is -0.964. The number of carboxylic acids is 1. The molecule has 5 nitrogen and oxygen atoms in total. The third kappa shape index (κ3) is 8.09. The molecule has 0 fully saturated rings. The summed E-state index contributed by atoms with van der Waals surface area (Å²) in [6.45, 7) is 5.27. The van der Waals surface area contributed by atoms with Crippen LogP contribution in [0.3, 0.4) is 0 Å². The van der Waals surface area contributed by atoms with Crippen LogP contribution in [0.25, 0.3) is 6.08 Å². The van der Waals surface area contributed by atoms with Crippen molar-refractivity contribution in [3.05, 3.63) is 42.0 Å². The summed E-state index contributed by atoms with van der Waals surface area (Å²) in [5.41, 5.74) is 0.409. The molecular weight excluding hydrogens is 282 g/mol. The monoisotopic (exact) mass is 305 g/mol. The Morgan fingerprint density at radius 3 is 2.45 bits per heavy atom. The Balaban J connectivity index is 2.59. The van der Waals surface area contributed by atoms with Gasteiger partial charge in [-0.25, -0.2) is 4.79 Å². The zero-order valence-electron chi connectivity index (χ0n) is 13.2. The van der Waals surface area contributed by atoms with Gasteiger partial charge in [0.1, 0.15) is 5.60 Å². The van der Waals surface area contributed by atoms with Crippen molar-refractivity contribution < 1.29 is 19.4 Å². The number of hydrogen-bond donors (Lipinski definition) is 2. The maximum Gasteiger partial charge on any atom is 0.407 e. The van der Waals surface area contributed by atoms with E-state index >= 15 is 0 Å². The number of ether oxygens (including phenoxy) is 1. The van der Waals surface area contributed by atoms with Crippen LogP contribution in [0.5, 0.6) is 0 Å². The number of aliphatic carboxylic acids is 1. The maximum absolute atomic E-state index is 11.7. The highest BCUT2D eigenvalue weighted by atomic mass is 16.6. The third-order valence-electron chi connectivity index (χ3n) is 2.67. The number of benzene rings is 1. The molecule has 22 heavy (non-hydrogen) atoms. The van der Waals surface area contributed by atoms with E-state index in [4.69, 9.17) is 9.84 Å². The predicted molar refractivity (Wildman–Crippen MR) is 85.5 cm³/mol. The second-order valence-corrected chi connectivity index (χ2v) is 5.99. The molecule has 0 saturated heterocycles. The summed E-state index contributed by atoms with van der Waals surface area (Å²) in [6, 6.07) is 9.16. The molecule has 1 rings (SSSR count). The van der Waals surface area contributed by atoms with Crippen LogP contribution in [-0.4, -0.2) is 28.8 Å². The fourth-order valence-electron chi connectivity index (χ4n) is 1.81. The summed E-state index contributed by atoms with van der Waals surface area (Å²) in [7, 11) is 0. The molecule has 0 spiro atoms. The first-order chi connectivity index (χ1) is 10.3. The Labute approximate surface area is 131 Å². The van der Waals surface area contributed by atoms with Gasteiger partial charge in [-0.3, -0.25) is 4.79 Å². The van der Waals surface area contributed by atoms with Gasteiger partial charge in [0.15, 0.2) is 0 Å². The van der Waals surface area contributed by atoms with Crippen LogP contribution in [0, 0.1) is 0 Å². The number of carbonyl (C=O) groups is 2. The normalized spacial score (nSPS) is 12.9. The van der Waals surface area contributed by atoms with Gasteiger partial charge in [0.2, 0.25) is 0 Å². The highest BCUT2D eigenvalue weighted by Gasteiger charge is 2.20. The summed E-state index contributed by atoms with van der Waals surface area (Å²) in [5, 5.41) is 11.5. The van der Waals surface area contributed by atoms with Crippen molar-refractivity contribution in [1.29, 1.82) is 0 Å². The van der Waals surface area contributed by atoms with Crippen LogP contribution in [0.1, 0.15) is 39.2 Å². The molecule has 0 bridgehead atoms. The van der Waals surface area contributed by atoms with Gasteiger partial charge >= 0.3 is 12.1 Å². The molecule has 1 unspecified atom stereocenters. The average Bonchev–Trinajstić information content (AvgIpc) is 2.36. The zero-order valence-corrected chi connectivity index (χ0v) is 13.2. The van der Waals surface area contributed by atoms with Gasteiger partial charge < -0.3 is 15.2 Å². The molecule has 1 atom stereocenters. The van der Waals surface area contributed by atoms with Gasteiger partial charge in [0.05, 0.1) is 6.42 Å². The largest absolute Gasteiger partial charge is 0.481 e. The zero-order chi connectivity index (χ0) is 16.6. The minimum absolute atomic E-state index is 0.154. The number of alkyl carbamates (subject to hydrolysis) is 1. The fourth-order valence-corrected chi connectivity index (χ4v) is 1.81.